The van der Waals surface area contributed by atoms with Crippen molar-refractivity contribution in [2.75, 3.05) is 7.05 Å². The van der Waals surface area contributed by atoms with E-state index < -0.39 is 0 Å². The van der Waals surface area contributed by atoms with Gasteiger partial charge in [-0.2, -0.15) is 0 Å². The van der Waals surface area contributed by atoms with Crippen LogP contribution in [0.2, 0.25) is 0 Å². The molecule has 0 bridgehead atoms. The van der Waals surface area contributed by atoms with Crippen molar-refractivity contribution in [3.8, 4) is 0 Å². The topological polar surface area (TPSA) is 12.0 Å². The van der Waals surface area contributed by atoms with Gasteiger partial charge in [0.25, 0.3) is 0 Å². The van der Waals surface area contributed by atoms with Crippen LogP contribution in [0.25, 0.3) is 0 Å². The van der Waals surface area contributed by atoms with Gasteiger partial charge in [-0.05, 0) is 37.4 Å². The molecule has 2 heteroatoms. The zero-order valence-corrected chi connectivity index (χ0v) is 11.3. The number of nitrogens with one attached hydrogen (secondary N) is 1. The lowest BCUT2D eigenvalue weighted by Crippen LogP contribution is -2.32. The molecule has 2 unspecified atom stereocenters. The average molecular weight is 270 g/mol. The first-order chi connectivity index (χ1) is 7.19. The van der Waals surface area contributed by atoms with Crippen LogP contribution in [0.3, 0.4) is 0 Å². The Labute approximate surface area is 101 Å². The summed E-state index contributed by atoms with van der Waals surface area (Å²) in [4.78, 5) is 0. The Kier molecular flexibility index (Phi) is 5.34. The van der Waals surface area contributed by atoms with E-state index in [1.165, 1.54) is 16.5 Å². The number of hydrogen-bond donors (Lipinski definition) is 1. The second-order valence-electron chi connectivity index (χ2n) is 4.08. The van der Waals surface area contributed by atoms with Crippen molar-refractivity contribution in [3.63, 3.8) is 0 Å². The molecule has 1 N–H and O–H groups in total. The molecule has 0 amide bonds. The fourth-order valence-corrected chi connectivity index (χ4v) is 2.49. The van der Waals surface area contributed by atoms with Gasteiger partial charge in [-0.3, -0.25) is 0 Å². The molecular weight excluding hydrogens is 250 g/mol. The highest BCUT2D eigenvalue weighted by Gasteiger charge is 2.14. The Morgan fingerprint density at radius 1 is 1.33 bits per heavy atom. The van der Waals surface area contributed by atoms with Crippen LogP contribution in [-0.2, 0) is 6.42 Å². The fourth-order valence-electron chi connectivity index (χ4n) is 2.04. The molecule has 2 atom stereocenters. The normalized spacial score (nSPS) is 14.9. The second kappa shape index (κ2) is 6.29. The van der Waals surface area contributed by atoms with Gasteiger partial charge in [-0.1, -0.05) is 48.0 Å². The minimum absolute atomic E-state index is 0.608. The van der Waals surface area contributed by atoms with Crippen molar-refractivity contribution in [2.45, 2.75) is 32.7 Å². The maximum atomic E-state index is 3.60. The van der Waals surface area contributed by atoms with Gasteiger partial charge in [0, 0.05) is 10.5 Å². The predicted octanol–water partition coefficient (Wildman–Crippen LogP) is 3.63. The van der Waals surface area contributed by atoms with Gasteiger partial charge >= 0.3 is 0 Å². The minimum Gasteiger partial charge on any atom is -0.317 e. The predicted molar refractivity (Wildman–Crippen MR) is 70.1 cm³/mol. The quantitative estimate of drug-likeness (QED) is 0.861. The molecule has 84 valence electrons. The largest absolute Gasteiger partial charge is 0.317 e. The lowest BCUT2D eigenvalue weighted by atomic mass is 9.92. The Bertz CT molecular complexity index is 294. The highest BCUT2D eigenvalue weighted by atomic mass is 79.9. The van der Waals surface area contributed by atoms with Crippen molar-refractivity contribution in [1.82, 2.24) is 5.32 Å². The molecular formula is C13H20BrN. The third-order valence-electron chi connectivity index (χ3n) is 3.00. The SMILES string of the molecule is CCC(NC)C(C)Cc1ccccc1Br. The molecule has 1 aromatic rings. The third-order valence-corrected chi connectivity index (χ3v) is 3.77. The Balaban J connectivity index is 2.65. The van der Waals surface area contributed by atoms with Crippen molar-refractivity contribution in [1.29, 1.82) is 0 Å². The molecule has 0 aromatic heterocycles. The van der Waals surface area contributed by atoms with E-state index in [-0.39, 0.29) is 0 Å². The summed E-state index contributed by atoms with van der Waals surface area (Å²) >= 11 is 3.60. The maximum absolute atomic E-state index is 3.60. The molecule has 0 saturated carbocycles. The van der Waals surface area contributed by atoms with Crippen LogP contribution < -0.4 is 5.32 Å². The number of hydrogen-bond acceptors (Lipinski definition) is 1. The molecule has 15 heavy (non-hydrogen) atoms. The standard InChI is InChI=1S/C13H20BrN/c1-4-13(15-3)10(2)9-11-7-5-6-8-12(11)14/h5-8,10,13,15H,4,9H2,1-3H3. The van der Waals surface area contributed by atoms with E-state index in [1.807, 2.05) is 7.05 Å². The summed E-state index contributed by atoms with van der Waals surface area (Å²) in [6.07, 6.45) is 2.31. The van der Waals surface area contributed by atoms with Crippen LogP contribution in [0.5, 0.6) is 0 Å². The van der Waals surface area contributed by atoms with Gasteiger partial charge in [-0.15, -0.1) is 0 Å². The maximum Gasteiger partial charge on any atom is 0.0207 e. The molecule has 1 aromatic carbocycles. The molecule has 0 saturated heterocycles. The van der Waals surface area contributed by atoms with Gasteiger partial charge in [0.1, 0.15) is 0 Å². The number of rotatable bonds is 5. The van der Waals surface area contributed by atoms with Crippen LogP contribution in [0.1, 0.15) is 25.8 Å². The summed E-state index contributed by atoms with van der Waals surface area (Å²) in [5.41, 5.74) is 1.40. The molecule has 0 heterocycles. The van der Waals surface area contributed by atoms with Gasteiger partial charge < -0.3 is 5.32 Å². The van der Waals surface area contributed by atoms with E-state index in [2.05, 4.69) is 59.4 Å². The minimum atomic E-state index is 0.608. The van der Waals surface area contributed by atoms with Crippen LogP contribution in [0.15, 0.2) is 28.7 Å². The monoisotopic (exact) mass is 269 g/mol. The van der Waals surface area contributed by atoms with Crippen LogP contribution in [0, 0.1) is 5.92 Å². The first kappa shape index (κ1) is 12.7. The Morgan fingerprint density at radius 3 is 2.53 bits per heavy atom. The second-order valence-corrected chi connectivity index (χ2v) is 4.93. The third kappa shape index (κ3) is 3.62. The first-order valence-corrected chi connectivity index (χ1v) is 6.39. The number of halogens is 1. The Hall–Kier alpha value is -0.340. The van der Waals surface area contributed by atoms with E-state index in [4.69, 9.17) is 0 Å². The van der Waals surface area contributed by atoms with Crippen molar-refractivity contribution >= 4 is 15.9 Å². The lowest BCUT2D eigenvalue weighted by Gasteiger charge is -2.22. The Morgan fingerprint density at radius 2 is 2.00 bits per heavy atom. The molecule has 0 aliphatic carbocycles. The lowest BCUT2D eigenvalue weighted by molar-refractivity contribution is 0.386. The molecule has 0 fully saturated rings. The van der Waals surface area contributed by atoms with E-state index >= 15 is 0 Å². The zero-order valence-electron chi connectivity index (χ0n) is 9.76. The zero-order chi connectivity index (χ0) is 11.3. The van der Waals surface area contributed by atoms with E-state index in [9.17, 15) is 0 Å². The van der Waals surface area contributed by atoms with Crippen molar-refractivity contribution in [2.24, 2.45) is 5.92 Å². The smallest absolute Gasteiger partial charge is 0.0207 e. The molecule has 0 spiro atoms. The van der Waals surface area contributed by atoms with Crippen LogP contribution in [-0.4, -0.2) is 13.1 Å². The number of benzene rings is 1. The summed E-state index contributed by atoms with van der Waals surface area (Å²) in [7, 11) is 2.05. The highest BCUT2D eigenvalue weighted by Crippen LogP contribution is 2.21. The first-order valence-electron chi connectivity index (χ1n) is 5.59. The summed E-state index contributed by atoms with van der Waals surface area (Å²) in [6, 6.07) is 9.09. The van der Waals surface area contributed by atoms with Gasteiger partial charge in [0.15, 0.2) is 0 Å². The molecule has 1 nitrogen and oxygen atoms in total. The van der Waals surface area contributed by atoms with E-state index in [0.29, 0.717) is 12.0 Å². The van der Waals surface area contributed by atoms with E-state index in [0.717, 1.165) is 6.42 Å². The summed E-state index contributed by atoms with van der Waals surface area (Å²) in [5, 5.41) is 3.38. The molecule has 0 aliphatic rings. The summed E-state index contributed by atoms with van der Waals surface area (Å²) in [6.45, 7) is 4.54. The molecule has 1 rings (SSSR count). The summed E-state index contributed by atoms with van der Waals surface area (Å²) in [5.74, 6) is 0.665. The van der Waals surface area contributed by atoms with Gasteiger partial charge in [0.2, 0.25) is 0 Å². The van der Waals surface area contributed by atoms with Crippen molar-refractivity contribution in [3.05, 3.63) is 34.3 Å². The average Bonchev–Trinajstić information content (AvgIpc) is 2.23. The van der Waals surface area contributed by atoms with E-state index in [1.54, 1.807) is 0 Å². The molecule has 0 radical (unpaired) electrons. The van der Waals surface area contributed by atoms with Gasteiger partial charge in [0.05, 0.1) is 0 Å². The summed E-state index contributed by atoms with van der Waals surface area (Å²) < 4.78 is 1.22. The van der Waals surface area contributed by atoms with Crippen LogP contribution in [0.4, 0.5) is 0 Å². The molecule has 0 aliphatic heterocycles. The van der Waals surface area contributed by atoms with Crippen LogP contribution >= 0.6 is 15.9 Å². The van der Waals surface area contributed by atoms with Gasteiger partial charge in [-0.25, -0.2) is 0 Å². The van der Waals surface area contributed by atoms with Crippen molar-refractivity contribution < 1.29 is 0 Å². The highest BCUT2D eigenvalue weighted by molar-refractivity contribution is 9.10. The fraction of sp³-hybridized carbons (Fsp3) is 0.538.